The summed E-state index contributed by atoms with van der Waals surface area (Å²) >= 11 is 6.17. The average Bonchev–Trinajstić information content (AvgIpc) is 2.70. The van der Waals surface area contributed by atoms with E-state index < -0.39 is 0 Å². The molecule has 0 radical (unpaired) electrons. The van der Waals surface area contributed by atoms with Gasteiger partial charge >= 0.3 is 0 Å². The molecular formula is C17H16BrIO. The summed E-state index contributed by atoms with van der Waals surface area (Å²) in [7, 11) is 0. The van der Waals surface area contributed by atoms with Crippen molar-refractivity contribution >= 4 is 38.5 Å². The SMILES string of the molecule is CC1(C)Cc2cc(C(Br)c3cccc(I)c3)ccc2O1. The van der Waals surface area contributed by atoms with Crippen LogP contribution in [0.4, 0.5) is 0 Å². The molecule has 1 unspecified atom stereocenters. The van der Waals surface area contributed by atoms with Gasteiger partial charge < -0.3 is 4.74 Å². The Bertz CT molecular complexity index is 651. The molecule has 0 aliphatic carbocycles. The largest absolute Gasteiger partial charge is 0.487 e. The van der Waals surface area contributed by atoms with Gasteiger partial charge in [-0.2, -0.15) is 0 Å². The van der Waals surface area contributed by atoms with E-state index in [9.17, 15) is 0 Å². The minimum atomic E-state index is -0.0785. The van der Waals surface area contributed by atoms with Crippen molar-refractivity contribution < 1.29 is 4.74 Å². The van der Waals surface area contributed by atoms with Crippen LogP contribution in [-0.4, -0.2) is 5.60 Å². The van der Waals surface area contributed by atoms with Crippen LogP contribution in [0.2, 0.25) is 0 Å². The molecule has 1 heterocycles. The minimum absolute atomic E-state index is 0.0785. The number of rotatable bonds is 2. The standard InChI is InChI=1S/C17H16BrIO/c1-17(2)10-13-8-12(6-7-15(13)20-17)16(18)11-4-3-5-14(19)9-11/h3-9,16H,10H2,1-2H3. The van der Waals surface area contributed by atoms with Crippen LogP contribution in [0.1, 0.15) is 35.4 Å². The van der Waals surface area contributed by atoms with Gasteiger partial charge in [0.2, 0.25) is 0 Å². The van der Waals surface area contributed by atoms with E-state index in [2.05, 4.69) is 94.8 Å². The van der Waals surface area contributed by atoms with Crippen LogP contribution in [0.3, 0.4) is 0 Å². The second-order valence-corrected chi connectivity index (χ2v) is 7.98. The zero-order valence-electron chi connectivity index (χ0n) is 11.5. The van der Waals surface area contributed by atoms with E-state index >= 15 is 0 Å². The molecule has 104 valence electrons. The number of benzene rings is 2. The minimum Gasteiger partial charge on any atom is -0.487 e. The highest BCUT2D eigenvalue weighted by atomic mass is 127. The Morgan fingerprint density at radius 2 is 1.90 bits per heavy atom. The summed E-state index contributed by atoms with van der Waals surface area (Å²) < 4.78 is 7.20. The topological polar surface area (TPSA) is 9.23 Å². The first kappa shape index (κ1) is 14.4. The van der Waals surface area contributed by atoms with Gasteiger partial charge in [-0.1, -0.05) is 40.2 Å². The van der Waals surface area contributed by atoms with E-state index in [-0.39, 0.29) is 10.4 Å². The summed E-state index contributed by atoms with van der Waals surface area (Å²) in [6, 6.07) is 15.1. The molecule has 0 amide bonds. The van der Waals surface area contributed by atoms with E-state index in [0.29, 0.717) is 0 Å². The average molecular weight is 443 g/mol. The predicted molar refractivity (Wildman–Crippen MR) is 94.8 cm³/mol. The van der Waals surface area contributed by atoms with Gasteiger partial charge in [-0.15, -0.1) is 0 Å². The Balaban J connectivity index is 1.93. The predicted octanol–water partition coefficient (Wildman–Crippen LogP) is 5.49. The van der Waals surface area contributed by atoms with Gasteiger partial charge in [0, 0.05) is 9.99 Å². The Labute approximate surface area is 142 Å². The van der Waals surface area contributed by atoms with Gasteiger partial charge in [-0.25, -0.2) is 0 Å². The first-order chi connectivity index (χ1) is 9.44. The summed E-state index contributed by atoms with van der Waals surface area (Å²) in [5.74, 6) is 1.03. The number of alkyl halides is 1. The smallest absolute Gasteiger partial charge is 0.123 e. The molecule has 0 saturated carbocycles. The molecule has 0 fully saturated rings. The number of fused-ring (bicyclic) bond motifs is 1. The Morgan fingerprint density at radius 3 is 2.65 bits per heavy atom. The monoisotopic (exact) mass is 442 g/mol. The molecule has 1 nitrogen and oxygen atoms in total. The second-order valence-electron chi connectivity index (χ2n) is 5.82. The zero-order valence-corrected chi connectivity index (χ0v) is 15.2. The molecular weight excluding hydrogens is 427 g/mol. The van der Waals surface area contributed by atoms with Crippen LogP contribution in [0.25, 0.3) is 0 Å². The van der Waals surface area contributed by atoms with Gasteiger partial charge in [-0.05, 0) is 71.3 Å². The van der Waals surface area contributed by atoms with Crippen LogP contribution in [0, 0.1) is 3.57 Å². The van der Waals surface area contributed by atoms with Crippen molar-refractivity contribution in [3.05, 3.63) is 62.7 Å². The van der Waals surface area contributed by atoms with E-state index in [0.717, 1.165) is 12.2 Å². The van der Waals surface area contributed by atoms with Gasteiger partial charge in [0.1, 0.15) is 11.4 Å². The number of hydrogen-bond donors (Lipinski definition) is 0. The maximum absolute atomic E-state index is 5.94. The third kappa shape index (κ3) is 2.89. The van der Waals surface area contributed by atoms with Gasteiger partial charge in [0.05, 0.1) is 4.83 Å². The maximum Gasteiger partial charge on any atom is 0.123 e. The van der Waals surface area contributed by atoms with E-state index in [1.165, 1.54) is 20.3 Å². The van der Waals surface area contributed by atoms with Crippen LogP contribution in [-0.2, 0) is 6.42 Å². The zero-order chi connectivity index (χ0) is 14.3. The first-order valence-electron chi connectivity index (χ1n) is 6.66. The van der Waals surface area contributed by atoms with Crippen molar-refractivity contribution in [2.45, 2.75) is 30.7 Å². The van der Waals surface area contributed by atoms with E-state index in [1.54, 1.807) is 0 Å². The summed E-state index contributed by atoms with van der Waals surface area (Å²) in [4.78, 5) is 0.228. The van der Waals surface area contributed by atoms with Crippen LogP contribution in [0.15, 0.2) is 42.5 Å². The lowest BCUT2D eigenvalue weighted by Gasteiger charge is -2.16. The van der Waals surface area contributed by atoms with Gasteiger partial charge in [0.15, 0.2) is 0 Å². The molecule has 2 aromatic carbocycles. The molecule has 1 aliphatic heterocycles. The molecule has 0 saturated heterocycles. The fourth-order valence-electron chi connectivity index (χ4n) is 2.64. The number of hydrogen-bond acceptors (Lipinski definition) is 1. The van der Waals surface area contributed by atoms with Gasteiger partial charge in [0.25, 0.3) is 0 Å². The van der Waals surface area contributed by atoms with Crippen molar-refractivity contribution in [3.8, 4) is 5.75 Å². The molecule has 3 heteroatoms. The highest BCUT2D eigenvalue weighted by molar-refractivity contribution is 14.1. The third-order valence-electron chi connectivity index (χ3n) is 3.52. The van der Waals surface area contributed by atoms with Crippen LogP contribution < -0.4 is 4.74 Å². The number of halogens is 2. The summed E-state index contributed by atoms with van der Waals surface area (Å²) in [5, 5.41) is 0. The van der Waals surface area contributed by atoms with Crippen LogP contribution >= 0.6 is 38.5 Å². The lowest BCUT2D eigenvalue weighted by molar-refractivity contribution is 0.138. The summed E-state index contributed by atoms with van der Waals surface area (Å²) in [5.41, 5.74) is 3.80. The Morgan fingerprint density at radius 1 is 1.15 bits per heavy atom. The fraction of sp³-hybridized carbons (Fsp3) is 0.294. The summed E-state index contributed by atoms with van der Waals surface area (Å²) in [6.07, 6.45) is 0.974. The Hall–Kier alpha value is -0.550. The number of ether oxygens (including phenoxy) is 1. The van der Waals surface area contributed by atoms with Crippen LogP contribution in [0.5, 0.6) is 5.75 Å². The first-order valence-corrected chi connectivity index (χ1v) is 8.65. The highest BCUT2D eigenvalue weighted by Crippen LogP contribution is 2.39. The van der Waals surface area contributed by atoms with Crippen molar-refractivity contribution in [2.24, 2.45) is 0 Å². The van der Waals surface area contributed by atoms with Gasteiger partial charge in [-0.3, -0.25) is 0 Å². The molecule has 0 N–H and O–H groups in total. The Kier molecular flexibility index (Phi) is 3.84. The lowest BCUT2D eigenvalue weighted by Crippen LogP contribution is -2.24. The second kappa shape index (κ2) is 5.34. The fourth-order valence-corrected chi connectivity index (χ4v) is 3.78. The van der Waals surface area contributed by atoms with E-state index in [4.69, 9.17) is 4.74 Å². The van der Waals surface area contributed by atoms with Crippen molar-refractivity contribution in [1.29, 1.82) is 0 Å². The lowest BCUT2D eigenvalue weighted by atomic mass is 9.98. The molecule has 0 bridgehead atoms. The quantitative estimate of drug-likeness (QED) is 0.441. The molecule has 1 aliphatic rings. The van der Waals surface area contributed by atoms with Crippen molar-refractivity contribution in [2.75, 3.05) is 0 Å². The molecule has 2 aromatic rings. The molecule has 0 aromatic heterocycles. The third-order valence-corrected chi connectivity index (χ3v) is 5.25. The van der Waals surface area contributed by atoms with Crippen molar-refractivity contribution in [3.63, 3.8) is 0 Å². The highest BCUT2D eigenvalue weighted by Gasteiger charge is 2.30. The maximum atomic E-state index is 5.94. The molecule has 1 atom stereocenters. The van der Waals surface area contributed by atoms with Crippen molar-refractivity contribution in [1.82, 2.24) is 0 Å². The molecule has 20 heavy (non-hydrogen) atoms. The molecule has 0 spiro atoms. The summed E-state index contributed by atoms with van der Waals surface area (Å²) in [6.45, 7) is 4.27. The molecule has 3 rings (SSSR count). The normalized spacial score (nSPS) is 17.4. The van der Waals surface area contributed by atoms with E-state index in [1.807, 2.05) is 0 Å².